The first-order valence-electron chi connectivity index (χ1n) is 5.59. The van der Waals surface area contributed by atoms with Crippen molar-refractivity contribution in [1.29, 1.82) is 0 Å². The molecule has 2 aromatic rings. The molecule has 0 bridgehead atoms. The average Bonchev–Trinajstić information content (AvgIpc) is 2.67. The molecule has 0 aliphatic rings. The van der Waals surface area contributed by atoms with Crippen molar-refractivity contribution >= 4 is 17.9 Å². The molecule has 2 heterocycles. The molecule has 0 aliphatic carbocycles. The molecule has 0 radical (unpaired) electrons. The van der Waals surface area contributed by atoms with Crippen LogP contribution in [0.1, 0.15) is 36.8 Å². The second-order valence-corrected chi connectivity index (χ2v) is 5.40. The van der Waals surface area contributed by atoms with Gasteiger partial charge in [-0.25, -0.2) is 4.68 Å². The molecule has 0 fully saturated rings. The van der Waals surface area contributed by atoms with Crippen LogP contribution in [0.5, 0.6) is 0 Å². The number of halogens is 1. The highest BCUT2D eigenvalue weighted by Crippen LogP contribution is 2.30. The molecule has 0 aromatic carbocycles. The standard InChI is InChI=1S/C13H14ClN3O/c1-13(2,3)11-10(8-18)12(14)17(16-11)9-4-6-15-7-5-9/h4-8H,1-3H3. The van der Waals surface area contributed by atoms with Crippen molar-refractivity contribution < 1.29 is 4.79 Å². The second-order valence-electron chi connectivity index (χ2n) is 5.04. The number of aromatic nitrogens is 3. The van der Waals surface area contributed by atoms with Crippen LogP contribution in [0.3, 0.4) is 0 Å². The predicted octanol–water partition coefficient (Wildman–Crippen LogP) is 3.03. The number of aldehydes is 1. The van der Waals surface area contributed by atoms with E-state index in [0.29, 0.717) is 16.4 Å². The van der Waals surface area contributed by atoms with Gasteiger partial charge in [-0.1, -0.05) is 32.4 Å². The molecular weight excluding hydrogens is 250 g/mol. The van der Waals surface area contributed by atoms with Crippen LogP contribution in [-0.4, -0.2) is 21.1 Å². The maximum absolute atomic E-state index is 11.2. The molecule has 94 valence electrons. The summed E-state index contributed by atoms with van der Waals surface area (Å²) in [5, 5.41) is 4.78. The van der Waals surface area contributed by atoms with Crippen molar-refractivity contribution in [1.82, 2.24) is 14.8 Å². The van der Waals surface area contributed by atoms with E-state index in [2.05, 4.69) is 10.1 Å². The highest BCUT2D eigenvalue weighted by Gasteiger charge is 2.26. The number of hydrogen-bond donors (Lipinski definition) is 0. The smallest absolute Gasteiger partial charge is 0.155 e. The Hall–Kier alpha value is -1.68. The topological polar surface area (TPSA) is 47.8 Å². The first-order valence-corrected chi connectivity index (χ1v) is 5.97. The molecule has 0 N–H and O–H groups in total. The minimum atomic E-state index is -0.238. The third-order valence-corrected chi connectivity index (χ3v) is 2.96. The number of nitrogens with zero attached hydrogens (tertiary/aromatic N) is 3. The molecule has 0 aliphatic heterocycles. The lowest BCUT2D eigenvalue weighted by molar-refractivity contribution is 0.112. The number of carbonyl (C=O) groups is 1. The Morgan fingerprint density at radius 3 is 2.33 bits per heavy atom. The van der Waals surface area contributed by atoms with Crippen molar-refractivity contribution in [2.24, 2.45) is 0 Å². The van der Waals surface area contributed by atoms with Crippen molar-refractivity contribution in [2.75, 3.05) is 0 Å². The normalized spacial score (nSPS) is 11.6. The summed E-state index contributed by atoms with van der Waals surface area (Å²) in [6, 6.07) is 3.58. The van der Waals surface area contributed by atoms with E-state index in [9.17, 15) is 4.79 Å². The van der Waals surface area contributed by atoms with Crippen LogP contribution in [0.2, 0.25) is 5.15 Å². The first kappa shape index (κ1) is 12.8. The molecule has 0 saturated heterocycles. The Bertz CT molecular complexity index is 570. The number of pyridine rings is 1. The SMILES string of the molecule is CC(C)(C)c1nn(-c2ccncc2)c(Cl)c1C=O. The Labute approximate surface area is 111 Å². The van der Waals surface area contributed by atoms with E-state index in [0.717, 1.165) is 12.0 Å². The van der Waals surface area contributed by atoms with Gasteiger partial charge in [0.05, 0.1) is 16.9 Å². The third-order valence-electron chi connectivity index (χ3n) is 2.60. The zero-order valence-corrected chi connectivity index (χ0v) is 11.3. The molecule has 2 rings (SSSR count). The van der Waals surface area contributed by atoms with Crippen molar-refractivity contribution in [3.63, 3.8) is 0 Å². The van der Waals surface area contributed by atoms with Gasteiger partial charge >= 0.3 is 0 Å². The monoisotopic (exact) mass is 263 g/mol. The summed E-state index contributed by atoms with van der Waals surface area (Å²) in [6.07, 6.45) is 4.07. The van der Waals surface area contributed by atoms with Gasteiger partial charge in [0.1, 0.15) is 5.15 Å². The molecule has 0 saturated carbocycles. The lowest BCUT2D eigenvalue weighted by atomic mass is 9.90. The average molecular weight is 264 g/mol. The van der Waals surface area contributed by atoms with Gasteiger partial charge < -0.3 is 0 Å². The minimum absolute atomic E-state index is 0.238. The molecule has 18 heavy (non-hydrogen) atoms. The molecule has 0 unspecified atom stereocenters. The van der Waals surface area contributed by atoms with E-state index >= 15 is 0 Å². The predicted molar refractivity (Wildman–Crippen MR) is 70.5 cm³/mol. The molecular formula is C13H14ClN3O. The summed E-state index contributed by atoms with van der Waals surface area (Å²) in [4.78, 5) is 15.1. The van der Waals surface area contributed by atoms with Gasteiger partial charge in [-0.05, 0) is 12.1 Å². The maximum atomic E-state index is 11.2. The summed E-state index contributed by atoms with van der Waals surface area (Å²) in [5.41, 5.74) is 1.69. The van der Waals surface area contributed by atoms with E-state index in [1.165, 1.54) is 0 Å². The van der Waals surface area contributed by atoms with Gasteiger partial charge in [0.2, 0.25) is 0 Å². The highest BCUT2D eigenvalue weighted by molar-refractivity contribution is 6.32. The van der Waals surface area contributed by atoms with Crippen LogP contribution >= 0.6 is 11.6 Å². The third kappa shape index (κ3) is 2.16. The Morgan fingerprint density at radius 2 is 1.89 bits per heavy atom. The van der Waals surface area contributed by atoms with Gasteiger partial charge in [-0.3, -0.25) is 9.78 Å². The van der Waals surface area contributed by atoms with Gasteiger partial charge in [-0.2, -0.15) is 5.10 Å². The van der Waals surface area contributed by atoms with Gasteiger partial charge in [0, 0.05) is 17.8 Å². The van der Waals surface area contributed by atoms with Gasteiger partial charge in [0.15, 0.2) is 6.29 Å². The largest absolute Gasteiger partial charge is 0.298 e. The summed E-state index contributed by atoms with van der Waals surface area (Å²) in [5.74, 6) is 0. The van der Waals surface area contributed by atoms with Crippen LogP contribution in [0.4, 0.5) is 0 Å². The lowest BCUT2D eigenvalue weighted by Gasteiger charge is -2.15. The van der Waals surface area contributed by atoms with Gasteiger partial charge in [0.25, 0.3) is 0 Å². The molecule has 2 aromatic heterocycles. The maximum Gasteiger partial charge on any atom is 0.155 e. The van der Waals surface area contributed by atoms with Crippen molar-refractivity contribution in [3.8, 4) is 5.69 Å². The van der Waals surface area contributed by atoms with E-state index in [1.54, 1.807) is 29.2 Å². The summed E-state index contributed by atoms with van der Waals surface area (Å²) in [7, 11) is 0. The Kier molecular flexibility index (Phi) is 3.22. The highest BCUT2D eigenvalue weighted by atomic mass is 35.5. The zero-order valence-electron chi connectivity index (χ0n) is 10.5. The fraction of sp³-hybridized carbons (Fsp3) is 0.308. The number of rotatable bonds is 2. The summed E-state index contributed by atoms with van der Waals surface area (Å²) in [6.45, 7) is 5.99. The molecule has 0 spiro atoms. The van der Waals surface area contributed by atoms with E-state index in [-0.39, 0.29) is 5.41 Å². The second kappa shape index (κ2) is 4.53. The number of hydrogen-bond acceptors (Lipinski definition) is 3. The van der Waals surface area contributed by atoms with Crippen LogP contribution in [0.15, 0.2) is 24.5 Å². The van der Waals surface area contributed by atoms with Gasteiger partial charge in [-0.15, -0.1) is 0 Å². The molecule has 5 heteroatoms. The first-order chi connectivity index (χ1) is 8.45. The minimum Gasteiger partial charge on any atom is -0.298 e. The van der Waals surface area contributed by atoms with Crippen molar-refractivity contribution in [3.05, 3.63) is 40.9 Å². The fourth-order valence-corrected chi connectivity index (χ4v) is 1.99. The Balaban J connectivity index is 2.65. The molecule has 4 nitrogen and oxygen atoms in total. The Morgan fingerprint density at radius 1 is 1.28 bits per heavy atom. The number of carbonyl (C=O) groups excluding carboxylic acids is 1. The van der Waals surface area contributed by atoms with Crippen molar-refractivity contribution in [2.45, 2.75) is 26.2 Å². The van der Waals surface area contributed by atoms with E-state index in [4.69, 9.17) is 11.6 Å². The quantitative estimate of drug-likeness (QED) is 0.783. The zero-order chi connectivity index (χ0) is 13.3. The van der Waals surface area contributed by atoms with E-state index < -0.39 is 0 Å². The summed E-state index contributed by atoms with van der Waals surface area (Å²) >= 11 is 6.22. The van der Waals surface area contributed by atoms with Crippen LogP contribution in [-0.2, 0) is 5.41 Å². The van der Waals surface area contributed by atoms with E-state index in [1.807, 2.05) is 20.8 Å². The van der Waals surface area contributed by atoms with Crippen LogP contribution < -0.4 is 0 Å². The summed E-state index contributed by atoms with van der Waals surface area (Å²) < 4.78 is 1.56. The van der Waals surface area contributed by atoms with Crippen LogP contribution in [0, 0.1) is 0 Å². The fourth-order valence-electron chi connectivity index (χ4n) is 1.72. The molecule has 0 atom stereocenters. The lowest BCUT2D eigenvalue weighted by Crippen LogP contribution is -2.14. The molecule has 0 amide bonds. The van der Waals surface area contributed by atoms with Crippen LogP contribution in [0.25, 0.3) is 5.69 Å².